The zero-order chi connectivity index (χ0) is 19.0. The van der Waals surface area contributed by atoms with Crippen molar-refractivity contribution in [1.82, 2.24) is 19.8 Å². The van der Waals surface area contributed by atoms with Gasteiger partial charge < -0.3 is 14.5 Å². The number of nitrogens with zero attached hydrogens (tertiary/aromatic N) is 4. The molecule has 1 aliphatic heterocycles. The topological polar surface area (TPSA) is 84.4 Å². The number of hydrogen-bond acceptors (Lipinski definition) is 5. The highest BCUT2D eigenvalue weighted by atomic mass is 16.5. The summed E-state index contributed by atoms with van der Waals surface area (Å²) in [6.45, 7) is 5.54. The van der Waals surface area contributed by atoms with E-state index in [1.807, 2.05) is 54.9 Å². The second-order valence-corrected chi connectivity index (χ2v) is 7.09. The lowest BCUT2D eigenvalue weighted by atomic mass is 10.1. The van der Waals surface area contributed by atoms with E-state index in [0.717, 1.165) is 11.3 Å². The first-order valence-electron chi connectivity index (χ1n) is 9.08. The maximum Gasteiger partial charge on any atom is 0.276 e. The Bertz CT molecular complexity index is 945. The first-order valence-corrected chi connectivity index (χ1v) is 9.08. The van der Waals surface area contributed by atoms with Crippen molar-refractivity contribution in [2.45, 2.75) is 39.0 Å². The summed E-state index contributed by atoms with van der Waals surface area (Å²) < 4.78 is 7.10. The van der Waals surface area contributed by atoms with Crippen molar-refractivity contribution >= 4 is 5.91 Å². The fraction of sp³-hybridized carbons (Fsp3) is 0.350. The SMILES string of the molecule is CC(C)c1cc(C(=O)N2CCn3nc(C(O)c4ccccc4)cc3C2)no1. The van der Waals surface area contributed by atoms with E-state index in [4.69, 9.17) is 4.52 Å². The molecular formula is C20H22N4O3. The number of hydrogen-bond donors (Lipinski definition) is 1. The number of aliphatic hydroxyl groups excluding tert-OH is 1. The van der Waals surface area contributed by atoms with Gasteiger partial charge >= 0.3 is 0 Å². The summed E-state index contributed by atoms with van der Waals surface area (Å²) in [6, 6.07) is 13.0. The quantitative estimate of drug-likeness (QED) is 0.767. The van der Waals surface area contributed by atoms with Crippen LogP contribution in [0.2, 0.25) is 0 Å². The second-order valence-electron chi connectivity index (χ2n) is 7.09. The average molecular weight is 366 g/mol. The summed E-state index contributed by atoms with van der Waals surface area (Å²) in [7, 11) is 0. The van der Waals surface area contributed by atoms with Gasteiger partial charge in [0.05, 0.1) is 24.5 Å². The molecule has 0 fully saturated rings. The van der Waals surface area contributed by atoms with Crippen LogP contribution in [0, 0.1) is 0 Å². The molecular weight excluding hydrogens is 344 g/mol. The molecule has 1 N–H and O–H groups in total. The predicted molar refractivity (Wildman–Crippen MR) is 98.1 cm³/mol. The van der Waals surface area contributed by atoms with E-state index in [1.54, 1.807) is 11.0 Å². The molecule has 0 aliphatic carbocycles. The number of carbonyl (C=O) groups is 1. The Kier molecular flexibility index (Phi) is 4.53. The van der Waals surface area contributed by atoms with Crippen LogP contribution in [0.5, 0.6) is 0 Å². The Balaban J connectivity index is 1.51. The van der Waals surface area contributed by atoms with Crippen molar-refractivity contribution in [3.8, 4) is 0 Å². The minimum atomic E-state index is -0.780. The van der Waals surface area contributed by atoms with Gasteiger partial charge in [0.15, 0.2) is 5.69 Å². The van der Waals surface area contributed by atoms with E-state index >= 15 is 0 Å². The lowest BCUT2D eigenvalue weighted by Gasteiger charge is -2.26. The molecule has 27 heavy (non-hydrogen) atoms. The molecule has 0 saturated carbocycles. The summed E-state index contributed by atoms with van der Waals surface area (Å²) >= 11 is 0. The highest BCUT2D eigenvalue weighted by Gasteiger charge is 2.27. The summed E-state index contributed by atoms with van der Waals surface area (Å²) in [6.07, 6.45) is -0.780. The fourth-order valence-electron chi connectivity index (χ4n) is 3.23. The Hall–Kier alpha value is -2.93. The summed E-state index contributed by atoms with van der Waals surface area (Å²) in [5.74, 6) is 0.737. The molecule has 3 heterocycles. The molecule has 1 aliphatic rings. The highest BCUT2D eigenvalue weighted by molar-refractivity contribution is 5.92. The lowest BCUT2D eigenvalue weighted by molar-refractivity contribution is 0.0695. The van der Waals surface area contributed by atoms with Gasteiger partial charge in [-0.25, -0.2) is 0 Å². The molecule has 1 atom stereocenters. The number of fused-ring (bicyclic) bond motifs is 1. The maximum atomic E-state index is 12.7. The van der Waals surface area contributed by atoms with Crippen LogP contribution in [-0.4, -0.2) is 37.4 Å². The smallest absolute Gasteiger partial charge is 0.276 e. The molecule has 1 unspecified atom stereocenters. The third-order valence-electron chi connectivity index (χ3n) is 4.82. The monoisotopic (exact) mass is 366 g/mol. The third-order valence-corrected chi connectivity index (χ3v) is 4.82. The molecule has 1 aromatic carbocycles. The molecule has 7 nitrogen and oxygen atoms in total. The van der Waals surface area contributed by atoms with Crippen molar-refractivity contribution in [1.29, 1.82) is 0 Å². The largest absolute Gasteiger partial charge is 0.382 e. The minimum Gasteiger partial charge on any atom is -0.382 e. The number of aliphatic hydroxyl groups is 1. The standard InChI is InChI=1S/C20H22N4O3/c1-13(2)18-11-17(22-27-18)20(26)23-8-9-24-15(12-23)10-16(21-24)19(25)14-6-4-3-5-7-14/h3-7,10-11,13,19,25H,8-9,12H2,1-2H3. The molecule has 0 radical (unpaired) electrons. The Morgan fingerprint density at radius 1 is 1.19 bits per heavy atom. The number of aromatic nitrogens is 3. The Labute approximate surface area is 157 Å². The molecule has 3 aromatic rings. The first-order chi connectivity index (χ1) is 13.0. The molecule has 0 bridgehead atoms. The van der Waals surface area contributed by atoms with Gasteiger partial charge in [-0.05, 0) is 11.6 Å². The van der Waals surface area contributed by atoms with Crippen LogP contribution in [0.4, 0.5) is 0 Å². The second kappa shape index (κ2) is 7.00. The molecule has 7 heteroatoms. The van der Waals surface area contributed by atoms with Gasteiger partial charge in [0.2, 0.25) is 0 Å². The molecule has 2 aromatic heterocycles. The van der Waals surface area contributed by atoms with Crippen molar-refractivity contribution in [2.24, 2.45) is 0 Å². The van der Waals surface area contributed by atoms with Crippen LogP contribution in [0.25, 0.3) is 0 Å². The van der Waals surface area contributed by atoms with Gasteiger partial charge in [0, 0.05) is 18.5 Å². The molecule has 4 rings (SSSR count). The van der Waals surface area contributed by atoms with Gasteiger partial charge in [-0.3, -0.25) is 9.48 Å². The molecule has 1 amide bonds. The van der Waals surface area contributed by atoms with Crippen LogP contribution >= 0.6 is 0 Å². The Morgan fingerprint density at radius 2 is 1.96 bits per heavy atom. The predicted octanol–water partition coefficient (Wildman–Crippen LogP) is 2.73. The van der Waals surface area contributed by atoms with Gasteiger partial charge in [-0.2, -0.15) is 5.10 Å². The lowest BCUT2D eigenvalue weighted by Crippen LogP contribution is -2.38. The molecule has 0 saturated heterocycles. The van der Waals surface area contributed by atoms with Crippen molar-refractivity contribution in [2.75, 3.05) is 6.54 Å². The van der Waals surface area contributed by atoms with Gasteiger partial charge in [0.1, 0.15) is 11.9 Å². The summed E-state index contributed by atoms with van der Waals surface area (Å²) in [4.78, 5) is 14.5. The van der Waals surface area contributed by atoms with Crippen molar-refractivity contribution < 1.29 is 14.4 Å². The first kappa shape index (κ1) is 17.5. The Morgan fingerprint density at radius 3 is 2.67 bits per heavy atom. The number of rotatable bonds is 4. The van der Waals surface area contributed by atoms with Crippen molar-refractivity contribution in [3.05, 3.63) is 70.9 Å². The minimum absolute atomic E-state index is 0.150. The van der Waals surface area contributed by atoms with Gasteiger partial charge in [-0.15, -0.1) is 0 Å². The van der Waals surface area contributed by atoms with Crippen LogP contribution in [0.3, 0.4) is 0 Å². The zero-order valence-corrected chi connectivity index (χ0v) is 15.4. The third kappa shape index (κ3) is 3.38. The van der Waals surface area contributed by atoms with Crippen LogP contribution in [0.15, 0.2) is 47.0 Å². The van der Waals surface area contributed by atoms with E-state index in [9.17, 15) is 9.90 Å². The number of carbonyl (C=O) groups excluding carboxylic acids is 1. The summed E-state index contributed by atoms with van der Waals surface area (Å²) in [5.41, 5.74) is 2.61. The average Bonchev–Trinajstić information content (AvgIpc) is 3.34. The van der Waals surface area contributed by atoms with E-state index in [2.05, 4.69) is 10.3 Å². The van der Waals surface area contributed by atoms with Gasteiger partial charge in [-0.1, -0.05) is 49.3 Å². The maximum absolute atomic E-state index is 12.7. The zero-order valence-electron chi connectivity index (χ0n) is 15.4. The number of amides is 1. The highest BCUT2D eigenvalue weighted by Crippen LogP contribution is 2.24. The van der Waals surface area contributed by atoms with Crippen molar-refractivity contribution in [3.63, 3.8) is 0 Å². The normalized spacial score (nSPS) is 15.0. The van der Waals surface area contributed by atoms with Gasteiger partial charge in [0.25, 0.3) is 5.91 Å². The van der Waals surface area contributed by atoms with E-state index in [0.29, 0.717) is 36.8 Å². The molecule has 0 spiro atoms. The van der Waals surface area contributed by atoms with E-state index < -0.39 is 6.10 Å². The van der Waals surface area contributed by atoms with Crippen LogP contribution < -0.4 is 0 Å². The van der Waals surface area contributed by atoms with E-state index in [-0.39, 0.29) is 11.8 Å². The van der Waals surface area contributed by atoms with E-state index in [1.165, 1.54) is 0 Å². The van der Waals surface area contributed by atoms with Crippen LogP contribution in [-0.2, 0) is 13.1 Å². The molecule has 140 valence electrons. The summed E-state index contributed by atoms with van der Waals surface area (Å²) in [5, 5.41) is 19.0. The van der Waals surface area contributed by atoms with Crippen LogP contribution in [0.1, 0.15) is 59.1 Å². The number of benzene rings is 1. The fourth-order valence-corrected chi connectivity index (χ4v) is 3.23.